The molecule has 1 atom stereocenters. The second-order valence-corrected chi connectivity index (χ2v) is 10.5. The summed E-state index contributed by atoms with van der Waals surface area (Å²) in [5.41, 5.74) is -0.275. The molecule has 2 aromatic carbocycles. The lowest BCUT2D eigenvalue weighted by atomic mass is 9.73. The quantitative estimate of drug-likeness (QED) is 0.309. The van der Waals surface area contributed by atoms with Crippen molar-refractivity contribution < 1.29 is 35.7 Å². The Morgan fingerprint density at radius 2 is 1.58 bits per heavy atom. The van der Waals surface area contributed by atoms with Crippen LogP contribution in [0.15, 0.2) is 71.3 Å². The van der Waals surface area contributed by atoms with Crippen molar-refractivity contribution in [2.24, 2.45) is 5.92 Å². The summed E-state index contributed by atoms with van der Waals surface area (Å²) in [5.74, 6) is 2.42. The van der Waals surface area contributed by atoms with E-state index in [1.54, 1.807) is 0 Å². The first kappa shape index (κ1) is 26.9. The Hall–Kier alpha value is -2.15. The summed E-state index contributed by atoms with van der Waals surface area (Å²) < 4.78 is 13.4. The number of rotatable bonds is 10. The number of hydrogen-bond acceptors (Lipinski definition) is 4. The summed E-state index contributed by atoms with van der Waals surface area (Å²) in [6, 6.07) is 20.1. The molecule has 5 nitrogen and oxygen atoms in total. The van der Waals surface area contributed by atoms with Crippen LogP contribution in [0, 0.1) is 5.92 Å². The van der Waals surface area contributed by atoms with Crippen LogP contribution < -0.4 is 21.7 Å². The van der Waals surface area contributed by atoms with Crippen LogP contribution in [-0.4, -0.2) is 40.8 Å². The Morgan fingerprint density at radius 1 is 0.917 bits per heavy atom. The van der Waals surface area contributed by atoms with Crippen molar-refractivity contribution in [1.82, 2.24) is 4.98 Å². The molecule has 0 spiro atoms. The van der Waals surface area contributed by atoms with Crippen LogP contribution in [0.5, 0.6) is 5.75 Å². The molecule has 1 N–H and O–H groups in total. The van der Waals surface area contributed by atoms with Crippen molar-refractivity contribution in [2.45, 2.75) is 63.5 Å². The first-order chi connectivity index (χ1) is 17.2. The Labute approximate surface area is 225 Å². The maximum Gasteiger partial charge on any atom is 0.231 e. The van der Waals surface area contributed by atoms with E-state index in [2.05, 4.69) is 0 Å². The van der Waals surface area contributed by atoms with Crippen LogP contribution in [0.25, 0.3) is 0 Å². The van der Waals surface area contributed by atoms with Gasteiger partial charge >= 0.3 is 0 Å². The minimum absolute atomic E-state index is 0. The predicted molar refractivity (Wildman–Crippen MR) is 137 cm³/mol. The predicted octanol–water partition coefficient (Wildman–Crippen LogP) is 3.07. The van der Waals surface area contributed by atoms with E-state index in [0.29, 0.717) is 5.89 Å². The molecule has 0 bridgehead atoms. The van der Waals surface area contributed by atoms with Gasteiger partial charge in [0.05, 0.1) is 32.4 Å². The third kappa shape index (κ3) is 6.04. The lowest BCUT2D eigenvalue weighted by molar-refractivity contribution is -0.930. The van der Waals surface area contributed by atoms with E-state index >= 15 is 0 Å². The van der Waals surface area contributed by atoms with E-state index in [9.17, 15) is 5.11 Å². The van der Waals surface area contributed by atoms with E-state index in [1.807, 2.05) is 66.9 Å². The minimum Gasteiger partial charge on any atom is -1.00 e. The molecule has 1 saturated carbocycles. The second kappa shape index (κ2) is 12.4. The van der Waals surface area contributed by atoms with E-state index in [0.717, 1.165) is 86.4 Å². The van der Waals surface area contributed by atoms with E-state index < -0.39 is 5.60 Å². The number of benzene rings is 2. The van der Waals surface area contributed by atoms with Gasteiger partial charge in [0.2, 0.25) is 5.89 Å². The fraction of sp³-hybridized carbons (Fsp3) is 0.500. The SMILES string of the molecule is O[C@](c1ccccc1)(c1ncc(C[N+]2(CCCOc3ccccc3)CCCC2)o1)C1CCCCC1.[Br-]. The maximum absolute atomic E-state index is 12.1. The highest BCUT2D eigenvalue weighted by molar-refractivity contribution is 5.30. The van der Waals surface area contributed by atoms with Crippen molar-refractivity contribution in [1.29, 1.82) is 0 Å². The number of ether oxygens (including phenoxy) is 1. The largest absolute Gasteiger partial charge is 1.00 e. The van der Waals surface area contributed by atoms with E-state index in [4.69, 9.17) is 14.1 Å². The van der Waals surface area contributed by atoms with Crippen LogP contribution in [0.1, 0.15) is 68.6 Å². The number of aliphatic hydroxyl groups is 1. The fourth-order valence-electron chi connectivity index (χ4n) is 6.21. The van der Waals surface area contributed by atoms with Gasteiger partial charge < -0.3 is 35.7 Å². The number of hydrogen-bond donors (Lipinski definition) is 1. The maximum atomic E-state index is 12.1. The fourth-order valence-corrected chi connectivity index (χ4v) is 6.21. The molecule has 1 aromatic heterocycles. The summed E-state index contributed by atoms with van der Waals surface area (Å²) in [6.45, 7) is 4.93. The number of nitrogens with zero attached hydrogens (tertiary/aromatic N) is 2. The Morgan fingerprint density at radius 3 is 2.28 bits per heavy atom. The summed E-state index contributed by atoms with van der Waals surface area (Å²) >= 11 is 0. The molecule has 5 rings (SSSR count). The number of quaternary nitrogens is 1. The monoisotopic (exact) mass is 554 g/mol. The molecule has 2 heterocycles. The van der Waals surface area contributed by atoms with Gasteiger partial charge in [-0.3, -0.25) is 0 Å². The molecule has 36 heavy (non-hydrogen) atoms. The van der Waals surface area contributed by atoms with Gasteiger partial charge in [-0.1, -0.05) is 67.8 Å². The molecule has 1 aliphatic carbocycles. The van der Waals surface area contributed by atoms with Gasteiger partial charge in [0, 0.05) is 25.2 Å². The van der Waals surface area contributed by atoms with E-state index in [-0.39, 0.29) is 22.9 Å². The summed E-state index contributed by atoms with van der Waals surface area (Å²) in [7, 11) is 0. The second-order valence-electron chi connectivity index (χ2n) is 10.5. The standard InChI is InChI=1S/C30H39N2O3.BrH/c33-30(25-13-4-1-5-14-25,26-15-6-2-7-16-26)29-31-23-28(35-29)24-32(19-10-11-20-32)21-12-22-34-27-17-8-3-9-18-27;/h1,3-5,8-9,13-14,17-18,23,26,33H,2,6-7,10-12,15-16,19-22,24H2;1H/q+1;/p-1/t30-;/m0./s1. The highest BCUT2D eigenvalue weighted by Gasteiger charge is 2.45. The molecule has 0 amide bonds. The van der Waals surface area contributed by atoms with Gasteiger partial charge in [0.1, 0.15) is 12.3 Å². The molecular formula is C30H39BrN2O3. The smallest absolute Gasteiger partial charge is 0.231 e. The molecule has 3 aromatic rings. The van der Waals surface area contributed by atoms with Crippen molar-refractivity contribution in [3.8, 4) is 5.75 Å². The lowest BCUT2D eigenvalue weighted by Crippen LogP contribution is -3.00. The van der Waals surface area contributed by atoms with Crippen LogP contribution in [0.4, 0.5) is 0 Å². The van der Waals surface area contributed by atoms with Gasteiger partial charge in [-0.25, -0.2) is 4.98 Å². The molecule has 0 unspecified atom stereocenters. The topological polar surface area (TPSA) is 55.5 Å². The molecule has 2 aliphatic rings. The number of aromatic nitrogens is 1. The summed E-state index contributed by atoms with van der Waals surface area (Å²) in [5, 5.41) is 12.1. The number of para-hydroxylation sites is 1. The lowest BCUT2D eigenvalue weighted by Gasteiger charge is -2.36. The average molecular weight is 556 g/mol. The Balaban J connectivity index is 0.00000304. The summed E-state index contributed by atoms with van der Waals surface area (Å²) in [4.78, 5) is 4.70. The first-order valence-corrected chi connectivity index (χ1v) is 13.4. The molecule has 6 heteroatoms. The average Bonchev–Trinajstić information content (AvgIpc) is 3.58. The third-order valence-electron chi connectivity index (χ3n) is 8.08. The first-order valence-electron chi connectivity index (χ1n) is 13.4. The molecule has 1 saturated heterocycles. The minimum atomic E-state index is -1.17. The molecular weight excluding hydrogens is 516 g/mol. The Bertz CT molecular complexity index is 1050. The highest BCUT2D eigenvalue weighted by Crippen LogP contribution is 2.43. The van der Waals surface area contributed by atoms with Crippen LogP contribution in [0.3, 0.4) is 0 Å². The zero-order chi connectivity index (χ0) is 24.0. The van der Waals surface area contributed by atoms with Gasteiger partial charge in [-0.15, -0.1) is 0 Å². The Kier molecular flexibility index (Phi) is 9.26. The third-order valence-corrected chi connectivity index (χ3v) is 8.08. The zero-order valence-electron chi connectivity index (χ0n) is 21.2. The van der Waals surface area contributed by atoms with Gasteiger partial charge in [0.15, 0.2) is 11.4 Å². The molecule has 0 radical (unpaired) electrons. The summed E-state index contributed by atoms with van der Waals surface area (Å²) in [6.07, 6.45) is 10.9. The number of halogens is 1. The van der Waals surface area contributed by atoms with Crippen molar-refractivity contribution in [2.75, 3.05) is 26.2 Å². The van der Waals surface area contributed by atoms with Gasteiger partial charge in [-0.2, -0.15) is 0 Å². The normalized spacial score (nSPS) is 19.4. The molecule has 194 valence electrons. The van der Waals surface area contributed by atoms with Crippen LogP contribution in [-0.2, 0) is 12.1 Å². The van der Waals surface area contributed by atoms with E-state index in [1.165, 1.54) is 19.3 Å². The van der Waals surface area contributed by atoms with Crippen molar-refractivity contribution >= 4 is 0 Å². The van der Waals surface area contributed by atoms with Gasteiger partial charge in [0.25, 0.3) is 0 Å². The van der Waals surface area contributed by atoms with Gasteiger partial charge in [-0.05, 0) is 30.5 Å². The molecule has 1 aliphatic heterocycles. The van der Waals surface area contributed by atoms with Crippen molar-refractivity contribution in [3.05, 3.63) is 84.1 Å². The molecule has 2 fully saturated rings. The van der Waals surface area contributed by atoms with Crippen LogP contribution in [0.2, 0.25) is 0 Å². The highest BCUT2D eigenvalue weighted by atomic mass is 79.9. The number of oxazole rings is 1. The van der Waals surface area contributed by atoms with Crippen LogP contribution >= 0.6 is 0 Å². The zero-order valence-corrected chi connectivity index (χ0v) is 22.7. The van der Waals surface area contributed by atoms with Crippen molar-refractivity contribution in [3.63, 3.8) is 0 Å². The number of likely N-dealkylation sites (tertiary alicyclic amines) is 1.